The zero-order valence-electron chi connectivity index (χ0n) is 20.3. The summed E-state index contributed by atoms with van der Waals surface area (Å²) in [7, 11) is 0. The van der Waals surface area contributed by atoms with Crippen LogP contribution in [-0.2, 0) is 4.79 Å². The van der Waals surface area contributed by atoms with Crippen molar-refractivity contribution in [3.8, 4) is 0 Å². The largest absolute Gasteiger partial charge is 0.354 e. The monoisotopic (exact) mass is 476 g/mol. The van der Waals surface area contributed by atoms with Gasteiger partial charge >= 0.3 is 0 Å². The van der Waals surface area contributed by atoms with Crippen molar-refractivity contribution in [1.82, 2.24) is 34.8 Å². The van der Waals surface area contributed by atoms with E-state index in [1.54, 1.807) is 16.9 Å². The Morgan fingerprint density at radius 1 is 1.09 bits per heavy atom. The molecule has 2 aliphatic rings. The first-order chi connectivity index (χ1) is 17.0. The number of likely N-dealkylation sites (tertiary alicyclic amines) is 1. The highest BCUT2D eigenvalue weighted by molar-refractivity contribution is 5.99. The summed E-state index contributed by atoms with van der Waals surface area (Å²) in [5.74, 6) is 0.486. The number of hydrogen-bond acceptors (Lipinski definition) is 7. The van der Waals surface area contributed by atoms with Gasteiger partial charge in [-0.25, -0.2) is 19.5 Å². The molecule has 1 saturated heterocycles. The van der Waals surface area contributed by atoms with Gasteiger partial charge in [0.05, 0.1) is 17.9 Å². The average Bonchev–Trinajstić information content (AvgIpc) is 3.58. The van der Waals surface area contributed by atoms with Crippen molar-refractivity contribution in [2.45, 2.75) is 70.9 Å². The van der Waals surface area contributed by atoms with Crippen LogP contribution in [0.2, 0.25) is 0 Å². The second-order valence-corrected chi connectivity index (χ2v) is 9.51. The smallest absolute Gasteiger partial charge is 0.256 e. The zero-order valence-corrected chi connectivity index (χ0v) is 20.3. The van der Waals surface area contributed by atoms with Gasteiger partial charge in [-0.15, -0.1) is 0 Å². The van der Waals surface area contributed by atoms with E-state index in [1.807, 2.05) is 30.9 Å². The molecule has 2 N–H and O–H groups in total. The van der Waals surface area contributed by atoms with E-state index in [1.165, 1.54) is 0 Å². The molecule has 0 spiro atoms. The second-order valence-electron chi connectivity index (χ2n) is 9.51. The molecule has 3 aromatic heterocycles. The third-order valence-corrected chi connectivity index (χ3v) is 6.88. The molecule has 10 nitrogen and oxygen atoms in total. The quantitative estimate of drug-likeness (QED) is 0.538. The number of anilines is 1. The predicted octanol–water partition coefficient (Wildman–Crippen LogP) is 2.97. The van der Waals surface area contributed by atoms with Crippen molar-refractivity contribution in [3.63, 3.8) is 0 Å². The first kappa shape index (κ1) is 23.2. The minimum Gasteiger partial charge on any atom is -0.354 e. The molecule has 1 atom stereocenters. The van der Waals surface area contributed by atoms with Crippen LogP contribution in [0.25, 0.3) is 5.65 Å². The molecule has 1 saturated carbocycles. The molecule has 184 valence electrons. The lowest BCUT2D eigenvalue weighted by Gasteiger charge is -2.25. The van der Waals surface area contributed by atoms with Gasteiger partial charge in [-0.1, -0.05) is 12.8 Å². The van der Waals surface area contributed by atoms with Crippen LogP contribution in [0, 0.1) is 13.8 Å². The van der Waals surface area contributed by atoms with Gasteiger partial charge in [0.1, 0.15) is 5.56 Å². The maximum Gasteiger partial charge on any atom is 0.256 e. The van der Waals surface area contributed by atoms with Crippen molar-refractivity contribution in [2.24, 2.45) is 0 Å². The molecule has 4 heterocycles. The van der Waals surface area contributed by atoms with E-state index in [0.29, 0.717) is 36.7 Å². The molecule has 10 heteroatoms. The minimum atomic E-state index is -0.129. The number of carbonyl (C=O) groups excluding carboxylic acids is 2. The Morgan fingerprint density at radius 2 is 1.86 bits per heavy atom. The molecular weight excluding hydrogens is 444 g/mol. The van der Waals surface area contributed by atoms with Crippen LogP contribution < -0.4 is 10.6 Å². The molecule has 0 radical (unpaired) electrons. The Labute approximate surface area is 204 Å². The molecule has 5 rings (SSSR count). The fourth-order valence-corrected chi connectivity index (χ4v) is 5.26. The highest BCUT2D eigenvalue weighted by Crippen LogP contribution is 2.32. The van der Waals surface area contributed by atoms with E-state index in [2.05, 4.69) is 30.7 Å². The second kappa shape index (κ2) is 9.97. The van der Waals surface area contributed by atoms with E-state index >= 15 is 0 Å². The van der Waals surface area contributed by atoms with Gasteiger partial charge in [-0.2, -0.15) is 5.10 Å². The van der Waals surface area contributed by atoms with Gasteiger partial charge in [-0.3, -0.25) is 9.59 Å². The highest BCUT2D eigenvalue weighted by atomic mass is 16.2. The van der Waals surface area contributed by atoms with Crippen molar-refractivity contribution in [1.29, 1.82) is 0 Å². The fourth-order valence-electron chi connectivity index (χ4n) is 5.26. The Kier molecular flexibility index (Phi) is 6.61. The number of amides is 2. The highest BCUT2D eigenvalue weighted by Gasteiger charge is 2.32. The molecule has 35 heavy (non-hydrogen) atoms. The SMILES string of the molecule is Cc1cc(C)nc(NCCC(=O)N2CCCC2c2ccnc3c(C(=O)NC4CCCC4)cnn23)n1. The van der Waals surface area contributed by atoms with Gasteiger partial charge in [0.25, 0.3) is 5.91 Å². The first-order valence-electron chi connectivity index (χ1n) is 12.5. The molecule has 3 aromatic rings. The molecule has 0 bridgehead atoms. The van der Waals surface area contributed by atoms with Crippen LogP contribution in [0.5, 0.6) is 0 Å². The van der Waals surface area contributed by atoms with Crippen molar-refractivity contribution in [2.75, 3.05) is 18.4 Å². The number of hydrogen-bond donors (Lipinski definition) is 2. The Hall–Kier alpha value is -3.56. The van der Waals surface area contributed by atoms with Gasteiger partial charge in [0.15, 0.2) is 5.65 Å². The molecule has 0 aromatic carbocycles. The molecular formula is C25H32N8O2. The van der Waals surface area contributed by atoms with Crippen molar-refractivity contribution < 1.29 is 9.59 Å². The summed E-state index contributed by atoms with van der Waals surface area (Å²) >= 11 is 0. The van der Waals surface area contributed by atoms with Crippen LogP contribution in [0.4, 0.5) is 5.95 Å². The molecule has 1 aliphatic heterocycles. The lowest BCUT2D eigenvalue weighted by Crippen LogP contribution is -2.33. The third-order valence-electron chi connectivity index (χ3n) is 6.88. The normalized spacial score (nSPS) is 18.3. The summed E-state index contributed by atoms with van der Waals surface area (Å²) in [6, 6.07) is 3.94. The van der Waals surface area contributed by atoms with Crippen LogP contribution in [0.15, 0.2) is 24.5 Å². The summed E-state index contributed by atoms with van der Waals surface area (Å²) in [4.78, 5) is 41.1. The molecule has 2 amide bonds. The first-order valence-corrected chi connectivity index (χ1v) is 12.5. The van der Waals surface area contributed by atoms with Gasteiger partial charge in [0.2, 0.25) is 11.9 Å². The number of carbonyl (C=O) groups is 2. The van der Waals surface area contributed by atoms with Crippen molar-refractivity contribution in [3.05, 3.63) is 47.2 Å². The number of rotatable bonds is 7. The number of nitrogens with one attached hydrogen (secondary N) is 2. The standard InChI is InChI=1S/C25H32N8O2/c1-16-14-17(2)30-25(29-16)27-12-10-22(34)32-13-5-8-20(32)21-9-11-26-23-19(15-28-33(21)23)24(35)31-18-6-3-4-7-18/h9,11,14-15,18,20H,3-8,10,12-13H2,1-2H3,(H,31,35)(H,27,29,30). The Morgan fingerprint density at radius 3 is 2.63 bits per heavy atom. The van der Waals surface area contributed by atoms with Gasteiger partial charge in [0, 0.05) is 43.1 Å². The minimum absolute atomic E-state index is 0.0701. The fraction of sp³-hybridized carbons (Fsp3) is 0.520. The van der Waals surface area contributed by atoms with Crippen LogP contribution in [-0.4, -0.2) is 60.4 Å². The lowest BCUT2D eigenvalue weighted by atomic mass is 10.1. The van der Waals surface area contributed by atoms with E-state index in [4.69, 9.17) is 0 Å². The van der Waals surface area contributed by atoms with Crippen LogP contribution >= 0.6 is 0 Å². The molecule has 2 fully saturated rings. The summed E-state index contributed by atoms with van der Waals surface area (Å²) < 4.78 is 1.72. The van der Waals surface area contributed by atoms with Crippen molar-refractivity contribution >= 4 is 23.4 Å². The van der Waals surface area contributed by atoms with Crippen LogP contribution in [0.1, 0.15) is 78.4 Å². The van der Waals surface area contributed by atoms with Crippen LogP contribution in [0.3, 0.4) is 0 Å². The van der Waals surface area contributed by atoms with E-state index in [-0.39, 0.29) is 23.9 Å². The maximum absolute atomic E-state index is 13.1. The lowest BCUT2D eigenvalue weighted by molar-refractivity contribution is -0.131. The maximum atomic E-state index is 13.1. The summed E-state index contributed by atoms with van der Waals surface area (Å²) in [6.45, 7) is 5.01. The third kappa shape index (κ3) is 4.96. The molecule has 1 unspecified atom stereocenters. The Balaban J connectivity index is 1.28. The van der Waals surface area contributed by atoms with E-state index in [9.17, 15) is 9.59 Å². The zero-order chi connectivity index (χ0) is 24.4. The van der Waals surface area contributed by atoms with Gasteiger partial charge in [-0.05, 0) is 51.7 Å². The number of nitrogens with zero attached hydrogens (tertiary/aromatic N) is 6. The summed E-state index contributed by atoms with van der Waals surface area (Å²) in [6.07, 6.45) is 9.76. The molecule has 1 aliphatic carbocycles. The van der Waals surface area contributed by atoms with E-state index < -0.39 is 0 Å². The Bertz CT molecular complexity index is 1210. The van der Waals surface area contributed by atoms with E-state index in [0.717, 1.165) is 55.6 Å². The topological polar surface area (TPSA) is 117 Å². The van der Waals surface area contributed by atoms with Gasteiger partial charge < -0.3 is 15.5 Å². The summed E-state index contributed by atoms with van der Waals surface area (Å²) in [5.41, 5.74) is 3.68. The number of fused-ring (bicyclic) bond motifs is 1. The summed E-state index contributed by atoms with van der Waals surface area (Å²) in [5, 5.41) is 10.8. The number of aryl methyl sites for hydroxylation is 2. The number of aromatic nitrogens is 5. The average molecular weight is 477 g/mol. The predicted molar refractivity (Wildman–Crippen MR) is 131 cm³/mol.